The third-order valence-corrected chi connectivity index (χ3v) is 3.12. The number of benzene rings is 2. The first-order valence-corrected chi connectivity index (χ1v) is 7.13. The molecule has 4 heteroatoms. The molecular weight excluding hydrogens is 280 g/mol. The fraction of sp³-hybridized carbons (Fsp3) is 0.222. The quantitative estimate of drug-likeness (QED) is 0.736. The van der Waals surface area contributed by atoms with Crippen LogP contribution >= 0.6 is 0 Å². The lowest BCUT2D eigenvalue weighted by Crippen LogP contribution is -2.00. The Bertz CT molecular complexity index is 554. The summed E-state index contributed by atoms with van der Waals surface area (Å²) in [5.41, 5.74) is 1.54. The van der Waals surface area contributed by atoms with E-state index in [4.69, 9.17) is 9.47 Å². The minimum Gasteiger partial charge on any atom is -0.489 e. The van der Waals surface area contributed by atoms with Crippen LogP contribution in [0.15, 0.2) is 60.7 Å². The van der Waals surface area contributed by atoms with Gasteiger partial charge in [-0.1, -0.05) is 36.4 Å². The van der Waals surface area contributed by atoms with Gasteiger partial charge in [-0.25, -0.2) is 0 Å². The lowest BCUT2D eigenvalue weighted by molar-refractivity contribution is 0.268. The van der Waals surface area contributed by atoms with Crippen LogP contribution in [0.5, 0.6) is 11.5 Å². The maximum Gasteiger partial charge on any atom is 0.125 e. The maximum atomic E-state index is 9.20. The molecule has 0 radical (unpaired) electrons. The van der Waals surface area contributed by atoms with Crippen LogP contribution in [-0.4, -0.2) is 23.4 Å². The molecule has 0 fully saturated rings. The topological polar surface area (TPSA) is 58.9 Å². The highest BCUT2D eigenvalue weighted by Crippen LogP contribution is 2.18. The summed E-state index contributed by atoms with van der Waals surface area (Å²) >= 11 is 0. The molecule has 0 saturated carbocycles. The Labute approximate surface area is 130 Å². The molecule has 0 bridgehead atoms. The van der Waals surface area contributed by atoms with Crippen molar-refractivity contribution in [2.24, 2.45) is 0 Å². The predicted molar refractivity (Wildman–Crippen MR) is 84.9 cm³/mol. The predicted octanol–water partition coefficient (Wildman–Crippen LogP) is 2.69. The van der Waals surface area contributed by atoms with Crippen LogP contribution in [0.3, 0.4) is 0 Å². The molecule has 2 N–H and O–H groups in total. The van der Waals surface area contributed by atoms with Gasteiger partial charge in [0.25, 0.3) is 0 Å². The third kappa shape index (κ3) is 4.62. The van der Waals surface area contributed by atoms with Gasteiger partial charge in [0.1, 0.15) is 24.7 Å². The van der Waals surface area contributed by atoms with E-state index in [1.807, 2.05) is 60.7 Å². The lowest BCUT2D eigenvalue weighted by Gasteiger charge is -2.08. The first-order valence-electron chi connectivity index (χ1n) is 7.13. The van der Waals surface area contributed by atoms with Crippen molar-refractivity contribution in [3.63, 3.8) is 0 Å². The highest BCUT2D eigenvalue weighted by molar-refractivity contribution is 5.33. The summed E-state index contributed by atoms with van der Waals surface area (Å²) in [6, 6.07) is 14.8. The summed E-state index contributed by atoms with van der Waals surface area (Å²) in [6.45, 7) is 0.728. The molecule has 0 atom stereocenters. The second kappa shape index (κ2) is 8.87. The van der Waals surface area contributed by atoms with Crippen LogP contribution in [0, 0.1) is 0 Å². The summed E-state index contributed by atoms with van der Waals surface area (Å²) < 4.78 is 11.2. The van der Waals surface area contributed by atoms with Crippen molar-refractivity contribution in [1.29, 1.82) is 0 Å². The highest BCUT2D eigenvalue weighted by Gasteiger charge is 2.00. The minimum atomic E-state index is -0.0407. The van der Waals surface area contributed by atoms with Crippen LogP contribution in [0.1, 0.15) is 11.1 Å². The molecule has 0 aromatic heterocycles. The Kier molecular flexibility index (Phi) is 6.48. The van der Waals surface area contributed by atoms with Gasteiger partial charge in [0.2, 0.25) is 0 Å². The Morgan fingerprint density at radius 3 is 1.50 bits per heavy atom. The van der Waals surface area contributed by atoms with Gasteiger partial charge in [0.15, 0.2) is 0 Å². The number of ether oxygens (including phenoxy) is 2. The second-order valence-corrected chi connectivity index (χ2v) is 4.63. The normalized spacial score (nSPS) is 10.8. The van der Waals surface area contributed by atoms with Gasteiger partial charge >= 0.3 is 0 Å². The Morgan fingerprint density at radius 1 is 0.682 bits per heavy atom. The van der Waals surface area contributed by atoms with Gasteiger partial charge in [-0.2, -0.15) is 0 Å². The fourth-order valence-electron chi connectivity index (χ4n) is 1.96. The van der Waals surface area contributed by atoms with Crippen LogP contribution in [0.4, 0.5) is 0 Å². The first-order chi connectivity index (χ1) is 10.8. The number of aliphatic hydroxyl groups excluding tert-OH is 2. The second-order valence-electron chi connectivity index (χ2n) is 4.63. The number of hydrogen-bond acceptors (Lipinski definition) is 4. The zero-order valence-corrected chi connectivity index (χ0v) is 12.3. The van der Waals surface area contributed by atoms with Crippen molar-refractivity contribution < 1.29 is 19.7 Å². The van der Waals surface area contributed by atoms with Crippen LogP contribution in [-0.2, 0) is 13.2 Å². The Hall–Kier alpha value is -2.30. The first kappa shape index (κ1) is 16.1. The maximum absolute atomic E-state index is 9.20. The van der Waals surface area contributed by atoms with E-state index < -0.39 is 0 Å². The van der Waals surface area contributed by atoms with Crippen molar-refractivity contribution in [3.8, 4) is 11.5 Å². The molecule has 0 saturated heterocycles. The molecule has 0 spiro atoms. The van der Waals surface area contributed by atoms with E-state index in [-0.39, 0.29) is 13.2 Å². The minimum absolute atomic E-state index is 0.0407. The molecule has 0 aliphatic heterocycles. The van der Waals surface area contributed by atoms with E-state index in [2.05, 4.69) is 0 Å². The molecule has 0 amide bonds. The van der Waals surface area contributed by atoms with Crippen LogP contribution < -0.4 is 9.47 Å². The molecular formula is C18H20O4. The molecule has 2 aromatic carbocycles. The van der Waals surface area contributed by atoms with Crippen LogP contribution in [0.2, 0.25) is 0 Å². The van der Waals surface area contributed by atoms with Gasteiger partial charge < -0.3 is 19.7 Å². The summed E-state index contributed by atoms with van der Waals surface area (Å²) in [7, 11) is 0. The fourth-order valence-corrected chi connectivity index (χ4v) is 1.96. The number of hydrogen-bond donors (Lipinski definition) is 2. The molecule has 2 rings (SSSR count). The summed E-state index contributed by atoms with van der Waals surface area (Å²) in [6.07, 6.45) is 3.71. The number of aliphatic hydroxyl groups is 2. The van der Waals surface area contributed by atoms with Gasteiger partial charge in [-0.3, -0.25) is 0 Å². The number of para-hydroxylation sites is 2. The molecule has 0 aliphatic carbocycles. The molecule has 22 heavy (non-hydrogen) atoms. The molecule has 2 aromatic rings. The average Bonchev–Trinajstić information content (AvgIpc) is 2.58. The molecule has 116 valence electrons. The summed E-state index contributed by atoms with van der Waals surface area (Å²) in [4.78, 5) is 0. The molecule has 0 unspecified atom stereocenters. The SMILES string of the molecule is OCc1ccccc1OC/C=C\COc1ccccc1CO. The largest absolute Gasteiger partial charge is 0.489 e. The van der Waals surface area contributed by atoms with Crippen molar-refractivity contribution in [3.05, 3.63) is 71.8 Å². The van der Waals surface area contributed by atoms with Gasteiger partial charge in [-0.05, 0) is 24.3 Å². The highest BCUT2D eigenvalue weighted by atomic mass is 16.5. The van der Waals surface area contributed by atoms with E-state index in [9.17, 15) is 10.2 Å². The Morgan fingerprint density at radius 2 is 1.09 bits per heavy atom. The van der Waals surface area contributed by atoms with E-state index >= 15 is 0 Å². The van der Waals surface area contributed by atoms with Gasteiger partial charge in [0, 0.05) is 11.1 Å². The monoisotopic (exact) mass is 300 g/mol. The molecule has 0 heterocycles. The smallest absolute Gasteiger partial charge is 0.125 e. The van der Waals surface area contributed by atoms with Crippen molar-refractivity contribution in [2.75, 3.05) is 13.2 Å². The van der Waals surface area contributed by atoms with Gasteiger partial charge in [0.05, 0.1) is 13.2 Å². The van der Waals surface area contributed by atoms with Crippen LogP contribution in [0.25, 0.3) is 0 Å². The average molecular weight is 300 g/mol. The van der Waals surface area contributed by atoms with E-state index in [1.165, 1.54) is 0 Å². The standard InChI is InChI=1S/C18H20O4/c19-13-15-7-1-3-9-17(15)21-11-5-6-12-22-18-10-4-2-8-16(18)14-20/h1-10,19-20H,11-14H2/b6-5-. The van der Waals surface area contributed by atoms with E-state index in [0.717, 1.165) is 11.1 Å². The van der Waals surface area contributed by atoms with Crippen molar-refractivity contribution >= 4 is 0 Å². The van der Waals surface area contributed by atoms with E-state index in [0.29, 0.717) is 24.7 Å². The summed E-state index contributed by atoms with van der Waals surface area (Å²) in [5, 5.41) is 18.4. The van der Waals surface area contributed by atoms with Crippen molar-refractivity contribution in [2.45, 2.75) is 13.2 Å². The third-order valence-electron chi connectivity index (χ3n) is 3.12. The summed E-state index contributed by atoms with van der Waals surface area (Å²) in [5.74, 6) is 1.36. The van der Waals surface area contributed by atoms with Gasteiger partial charge in [-0.15, -0.1) is 0 Å². The zero-order valence-electron chi connectivity index (χ0n) is 12.3. The Balaban J connectivity index is 1.77. The zero-order chi connectivity index (χ0) is 15.6. The lowest BCUT2D eigenvalue weighted by atomic mass is 10.2. The van der Waals surface area contributed by atoms with Crippen molar-refractivity contribution in [1.82, 2.24) is 0 Å². The van der Waals surface area contributed by atoms with E-state index in [1.54, 1.807) is 0 Å². The molecule has 4 nitrogen and oxygen atoms in total. The molecule has 0 aliphatic rings. The number of rotatable bonds is 8.